The molecule has 0 amide bonds. The monoisotopic (exact) mass is 459 g/mol. The average Bonchev–Trinajstić information content (AvgIpc) is 3.14. The molecule has 0 unspecified atom stereocenters. The Morgan fingerprint density at radius 3 is 1.83 bits per heavy atom. The van der Waals surface area contributed by atoms with Crippen LogP contribution in [0.15, 0.2) is 36.5 Å². The molecule has 11 heteroatoms. The van der Waals surface area contributed by atoms with E-state index in [1.807, 2.05) is 30.3 Å². The van der Waals surface area contributed by atoms with Crippen LogP contribution >= 0.6 is 15.2 Å². The van der Waals surface area contributed by atoms with Crippen LogP contribution in [0.25, 0.3) is 0 Å². The van der Waals surface area contributed by atoms with Crippen LogP contribution in [-0.4, -0.2) is 46.8 Å². The molecule has 0 spiro atoms. The molecule has 0 bridgehead atoms. The van der Waals surface area contributed by atoms with Gasteiger partial charge in [-0.3, -0.25) is 9.13 Å². The molecule has 0 aliphatic rings. The smallest absolute Gasteiger partial charge is 0.308 e. The quantitative estimate of drug-likeness (QED) is 0.374. The molecule has 1 aromatic carbocycles. The Balaban J connectivity index is 2.35. The molecule has 1 aromatic heterocycles. The van der Waals surface area contributed by atoms with E-state index in [4.69, 9.17) is 18.1 Å². The maximum Gasteiger partial charge on any atom is 0.346 e. The molecule has 168 valence electrons. The van der Waals surface area contributed by atoms with Gasteiger partial charge in [-0.15, -0.1) is 5.10 Å². The minimum absolute atomic E-state index is 0.0172. The van der Waals surface area contributed by atoms with Crippen molar-refractivity contribution in [3.8, 4) is 0 Å². The van der Waals surface area contributed by atoms with Crippen LogP contribution in [0.4, 0.5) is 0 Å². The predicted octanol–water partition coefficient (Wildman–Crippen LogP) is 4.73. The molecular weight excluding hydrogens is 428 g/mol. The fourth-order valence-corrected chi connectivity index (χ4v) is 8.29. The van der Waals surface area contributed by atoms with Crippen LogP contribution in [0.1, 0.15) is 39.0 Å². The van der Waals surface area contributed by atoms with E-state index in [1.54, 1.807) is 38.6 Å². The molecule has 9 nitrogen and oxygen atoms in total. The first kappa shape index (κ1) is 24.9. The van der Waals surface area contributed by atoms with Crippen molar-refractivity contribution in [1.82, 2.24) is 15.0 Å². The molecule has 0 fully saturated rings. The number of hydrogen-bond donors (Lipinski definition) is 0. The number of nitrogens with zero attached hydrogens (tertiary/aromatic N) is 3. The van der Waals surface area contributed by atoms with Crippen molar-refractivity contribution >= 4 is 15.2 Å². The lowest BCUT2D eigenvalue weighted by Gasteiger charge is -2.30. The molecule has 0 radical (unpaired) electrons. The number of aromatic nitrogens is 3. The van der Waals surface area contributed by atoms with E-state index in [0.717, 1.165) is 5.56 Å². The third kappa shape index (κ3) is 6.58. The summed E-state index contributed by atoms with van der Waals surface area (Å²) in [6.45, 7) is 7.85. The van der Waals surface area contributed by atoms with Crippen molar-refractivity contribution in [2.75, 3.05) is 26.4 Å². The van der Waals surface area contributed by atoms with Gasteiger partial charge in [-0.05, 0) is 33.3 Å². The normalized spacial score (nSPS) is 12.6. The van der Waals surface area contributed by atoms with Crippen molar-refractivity contribution in [3.63, 3.8) is 0 Å². The lowest BCUT2D eigenvalue weighted by Crippen LogP contribution is -2.20. The standard InChI is InChI=1S/C19H31N3O6P2/c1-5-25-29(23,26-6-2)19(30(24,27-7-3)28-8-4)14-18-16-22(21-20-18)15-17-12-10-9-11-13-17/h9-13,16,19H,5-8,14-15H2,1-4H3. The first-order valence-electron chi connectivity index (χ1n) is 10.1. The molecule has 1 heterocycles. The lowest BCUT2D eigenvalue weighted by molar-refractivity contribution is 0.195. The zero-order valence-electron chi connectivity index (χ0n) is 18.0. The second-order valence-corrected chi connectivity index (χ2v) is 11.2. The second kappa shape index (κ2) is 11.9. The third-order valence-electron chi connectivity index (χ3n) is 4.13. The lowest BCUT2D eigenvalue weighted by atomic mass is 10.2. The van der Waals surface area contributed by atoms with E-state index in [-0.39, 0.29) is 32.8 Å². The van der Waals surface area contributed by atoms with Gasteiger partial charge >= 0.3 is 15.2 Å². The van der Waals surface area contributed by atoms with E-state index in [0.29, 0.717) is 12.2 Å². The molecule has 0 aliphatic carbocycles. The van der Waals surface area contributed by atoms with Gasteiger partial charge in [-0.25, -0.2) is 4.68 Å². The zero-order valence-corrected chi connectivity index (χ0v) is 19.8. The van der Waals surface area contributed by atoms with Crippen molar-refractivity contribution in [2.45, 2.75) is 46.1 Å². The molecule has 30 heavy (non-hydrogen) atoms. The van der Waals surface area contributed by atoms with Crippen molar-refractivity contribution in [1.29, 1.82) is 0 Å². The first-order chi connectivity index (χ1) is 14.4. The maximum absolute atomic E-state index is 13.6. The fraction of sp³-hybridized carbons (Fsp3) is 0.579. The molecule has 2 rings (SSSR count). The van der Waals surface area contributed by atoms with Gasteiger partial charge in [0.15, 0.2) is 5.40 Å². The van der Waals surface area contributed by atoms with E-state index in [2.05, 4.69) is 10.3 Å². The minimum Gasteiger partial charge on any atom is -0.308 e. The highest BCUT2D eigenvalue weighted by Gasteiger charge is 2.51. The Labute approximate surface area is 178 Å². The van der Waals surface area contributed by atoms with Crippen molar-refractivity contribution < 1.29 is 27.2 Å². The molecule has 0 N–H and O–H groups in total. The summed E-state index contributed by atoms with van der Waals surface area (Å²) in [5.74, 6) is 0. The highest BCUT2D eigenvalue weighted by Crippen LogP contribution is 2.71. The summed E-state index contributed by atoms with van der Waals surface area (Å²) in [5.41, 5.74) is 1.56. The van der Waals surface area contributed by atoms with Crippen LogP contribution in [0.3, 0.4) is 0 Å². The topological polar surface area (TPSA) is 102 Å². The average molecular weight is 459 g/mol. The molecule has 2 aromatic rings. The summed E-state index contributed by atoms with van der Waals surface area (Å²) >= 11 is 0. The molecular formula is C19H31N3O6P2. The zero-order chi connectivity index (χ0) is 22.0. The summed E-state index contributed by atoms with van der Waals surface area (Å²) in [6.07, 6.45) is 1.74. The number of rotatable bonds is 14. The molecule has 0 saturated heterocycles. The van der Waals surface area contributed by atoms with Gasteiger partial charge in [0.05, 0.1) is 38.7 Å². The Morgan fingerprint density at radius 1 is 0.867 bits per heavy atom. The largest absolute Gasteiger partial charge is 0.346 e. The Hall–Kier alpha value is -1.34. The maximum atomic E-state index is 13.6. The fourth-order valence-electron chi connectivity index (χ4n) is 3.00. The second-order valence-electron chi connectivity index (χ2n) is 6.33. The summed E-state index contributed by atoms with van der Waals surface area (Å²) in [7, 11) is -7.65. The van der Waals surface area contributed by atoms with E-state index >= 15 is 0 Å². The van der Waals surface area contributed by atoms with E-state index in [1.165, 1.54) is 0 Å². The summed E-state index contributed by atoms with van der Waals surface area (Å²) in [5, 5.41) is 7.16. The van der Waals surface area contributed by atoms with Crippen LogP contribution in [0.2, 0.25) is 0 Å². The van der Waals surface area contributed by atoms with Crippen molar-refractivity contribution in [3.05, 3.63) is 47.8 Å². The van der Waals surface area contributed by atoms with Crippen LogP contribution in [0.5, 0.6) is 0 Å². The van der Waals surface area contributed by atoms with Gasteiger partial charge < -0.3 is 18.1 Å². The molecule has 0 atom stereocenters. The van der Waals surface area contributed by atoms with E-state index in [9.17, 15) is 9.13 Å². The Kier molecular flexibility index (Phi) is 9.88. The van der Waals surface area contributed by atoms with Gasteiger partial charge in [0.1, 0.15) is 0 Å². The number of benzene rings is 1. The third-order valence-corrected chi connectivity index (χ3v) is 10.1. The first-order valence-corrected chi connectivity index (χ1v) is 13.3. The number of hydrogen-bond acceptors (Lipinski definition) is 8. The van der Waals surface area contributed by atoms with Gasteiger partial charge in [0.25, 0.3) is 0 Å². The summed E-state index contributed by atoms with van der Waals surface area (Å²) in [6, 6.07) is 9.81. The Bertz CT molecular complexity index is 811. The SMILES string of the molecule is CCOP(=O)(OCC)C(Cc1cn(Cc2ccccc2)nn1)P(=O)(OCC)OCC. The van der Waals surface area contributed by atoms with Crippen LogP contribution in [0, 0.1) is 0 Å². The van der Waals surface area contributed by atoms with Gasteiger partial charge in [0, 0.05) is 12.6 Å². The van der Waals surface area contributed by atoms with E-state index < -0.39 is 20.6 Å². The van der Waals surface area contributed by atoms with Gasteiger partial charge in [0.2, 0.25) is 0 Å². The van der Waals surface area contributed by atoms with Crippen LogP contribution in [-0.2, 0) is 40.2 Å². The Morgan fingerprint density at radius 2 is 1.37 bits per heavy atom. The van der Waals surface area contributed by atoms with Crippen molar-refractivity contribution in [2.24, 2.45) is 0 Å². The predicted molar refractivity (Wildman–Crippen MR) is 115 cm³/mol. The summed E-state index contributed by atoms with van der Waals surface area (Å²) < 4.78 is 50.8. The molecule has 0 aliphatic heterocycles. The van der Waals surface area contributed by atoms with Crippen LogP contribution < -0.4 is 0 Å². The highest BCUT2D eigenvalue weighted by molar-refractivity contribution is 7.72. The van der Waals surface area contributed by atoms with Gasteiger partial charge in [-0.1, -0.05) is 35.5 Å². The summed E-state index contributed by atoms with van der Waals surface area (Å²) in [4.78, 5) is 0. The highest BCUT2D eigenvalue weighted by atomic mass is 31.2. The molecule has 0 saturated carbocycles. The minimum atomic E-state index is -3.82. The van der Waals surface area contributed by atoms with Gasteiger partial charge in [-0.2, -0.15) is 0 Å².